The smallest absolute Gasteiger partial charge is 0.187 e. The number of hydrogen-bond donors (Lipinski definition) is 0. The zero-order valence-electron chi connectivity index (χ0n) is 34.3. The van der Waals surface area contributed by atoms with Crippen molar-refractivity contribution in [1.29, 1.82) is 0 Å². The van der Waals surface area contributed by atoms with Crippen molar-refractivity contribution in [2.24, 2.45) is 11.3 Å². The summed E-state index contributed by atoms with van der Waals surface area (Å²) < 4.78 is 25.4. The molecule has 0 spiro atoms. The molecule has 2 rings (SSSR count). The summed E-state index contributed by atoms with van der Waals surface area (Å²) in [5.41, 5.74) is -0.00567. The molecule has 1 aliphatic heterocycles. The van der Waals surface area contributed by atoms with Gasteiger partial charge in [-0.05, 0) is 109 Å². The highest BCUT2D eigenvalue weighted by atomic mass is 28.4. The number of unbranched alkanes of at least 4 members (excludes halogenated alkanes) is 3. The molecule has 0 aromatic heterocycles. The molecule has 1 heterocycles. The van der Waals surface area contributed by atoms with E-state index in [0.29, 0.717) is 12.2 Å². The molecule has 0 aromatic carbocycles. The van der Waals surface area contributed by atoms with E-state index in [2.05, 4.69) is 109 Å². The molecule has 46 heavy (non-hydrogen) atoms. The van der Waals surface area contributed by atoms with Crippen LogP contribution in [0.4, 0.5) is 0 Å². The Kier molecular flexibility index (Phi) is 28.2. The summed E-state index contributed by atoms with van der Waals surface area (Å²) >= 11 is 0. The first kappa shape index (κ1) is 50.3. The first-order chi connectivity index (χ1) is 21.2. The van der Waals surface area contributed by atoms with Gasteiger partial charge in [0.15, 0.2) is 22.4 Å². The molecule has 280 valence electrons. The average Bonchev–Trinajstić information content (AvgIpc) is 3.74. The number of methoxy groups -OCH3 is 1. The second-order valence-corrected chi connectivity index (χ2v) is 25.4. The molecule has 1 aliphatic carbocycles. The number of ether oxygens (including phenoxy) is 2. The van der Waals surface area contributed by atoms with E-state index in [0.717, 1.165) is 31.6 Å². The second-order valence-electron chi connectivity index (χ2n) is 16.6. The molecule has 0 radical (unpaired) electrons. The van der Waals surface area contributed by atoms with Crippen molar-refractivity contribution in [3.8, 4) is 0 Å². The van der Waals surface area contributed by atoms with E-state index in [1.807, 2.05) is 7.11 Å². The quantitative estimate of drug-likeness (QED) is 0.0858. The van der Waals surface area contributed by atoms with E-state index >= 15 is 0 Å². The van der Waals surface area contributed by atoms with Gasteiger partial charge in [0.05, 0.1) is 17.8 Å². The fourth-order valence-electron chi connectivity index (χ4n) is 6.46. The topological polar surface area (TPSA) is 74.4 Å². The van der Waals surface area contributed by atoms with Gasteiger partial charge in [-0.1, -0.05) is 100 Å². The van der Waals surface area contributed by atoms with E-state index in [4.69, 9.17) is 28.3 Å². The summed E-state index contributed by atoms with van der Waals surface area (Å²) in [6.07, 6.45) is 19.6. The molecule has 1 saturated heterocycles. The fraction of sp³-hybridized carbons (Fsp3) is 1.00. The van der Waals surface area contributed by atoms with Crippen LogP contribution in [0.1, 0.15) is 166 Å². The first-order valence-corrected chi connectivity index (χ1v) is 25.8. The van der Waals surface area contributed by atoms with E-state index in [1.54, 1.807) is 0 Å². The van der Waals surface area contributed by atoms with Gasteiger partial charge in [-0.25, -0.2) is 0 Å². The number of epoxide rings is 1. The van der Waals surface area contributed by atoms with Crippen LogP contribution in [0.5, 0.6) is 0 Å². The molecule has 2 aliphatic rings. The molecule has 2 fully saturated rings. The van der Waals surface area contributed by atoms with Crippen LogP contribution in [0.3, 0.4) is 0 Å². The number of rotatable bonds is 17. The predicted octanol–water partition coefficient (Wildman–Crippen LogP) is 13.2. The minimum Gasteiger partial charge on any atom is -0.412 e. The molecule has 6 nitrogen and oxygen atoms in total. The van der Waals surface area contributed by atoms with Crippen molar-refractivity contribution in [2.45, 2.75) is 228 Å². The van der Waals surface area contributed by atoms with Crippen LogP contribution < -0.4 is 0 Å². The van der Waals surface area contributed by atoms with Gasteiger partial charge in [-0.3, -0.25) is 0 Å². The van der Waals surface area contributed by atoms with Gasteiger partial charge in [0.2, 0.25) is 0 Å². The number of fused-ring (bicyclic) bond motifs is 1. The van der Waals surface area contributed by atoms with Gasteiger partial charge in [0.25, 0.3) is 0 Å². The molecule has 0 bridgehead atoms. The third kappa shape index (κ3) is 26.8. The van der Waals surface area contributed by atoms with Crippen LogP contribution in [0.25, 0.3) is 0 Å². The van der Waals surface area contributed by atoms with Gasteiger partial charge in [0.1, 0.15) is 0 Å². The van der Waals surface area contributed by atoms with Gasteiger partial charge in [-0.2, -0.15) is 0 Å². The summed E-state index contributed by atoms with van der Waals surface area (Å²) in [6, 6.07) is 0. The highest BCUT2D eigenvalue weighted by molar-refractivity contribution is 6.70. The standard InChI is InChI=1S/C26H54O4Si2.3C4H10.O2/c1-12-16-25(3,29-31(6,7)8)19-24(2,20-26(4,27-5)30-32(9,10)11)17-15-21-13-14-22-23(18-21)28-22;3*1-3-4-2;1-2/h21-23H,12-20H2,1-11H3;3*3-4H2,1-2H3;. The molecular weight excluding hydrogens is 609 g/mol. The maximum Gasteiger partial charge on any atom is 0.187 e. The van der Waals surface area contributed by atoms with Gasteiger partial charge in [0, 0.05) is 23.5 Å². The number of hydrogen-bond acceptors (Lipinski definition) is 6. The van der Waals surface area contributed by atoms with Crippen LogP contribution in [-0.2, 0) is 18.3 Å². The van der Waals surface area contributed by atoms with Gasteiger partial charge in [-0.15, -0.1) is 0 Å². The minimum atomic E-state index is -1.75. The Balaban J connectivity index is -0.00000112. The molecule has 8 heteroatoms. The lowest BCUT2D eigenvalue weighted by Gasteiger charge is -2.47. The average molecular weight is 693 g/mol. The van der Waals surface area contributed by atoms with Crippen molar-refractivity contribution in [1.82, 2.24) is 0 Å². The van der Waals surface area contributed by atoms with Crippen molar-refractivity contribution in [3.05, 3.63) is 9.93 Å². The van der Waals surface area contributed by atoms with Crippen molar-refractivity contribution < 1.29 is 18.3 Å². The van der Waals surface area contributed by atoms with E-state index in [9.17, 15) is 0 Å². The first-order valence-electron chi connectivity index (χ1n) is 19.0. The van der Waals surface area contributed by atoms with Crippen molar-refractivity contribution >= 4 is 16.6 Å². The van der Waals surface area contributed by atoms with Gasteiger partial charge < -0.3 is 18.3 Å². The third-order valence-electron chi connectivity index (χ3n) is 8.60. The fourth-order valence-corrected chi connectivity index (χ4v) is 9.56. The maximum atomic E-state index is 7.00. The monoisotopic (exact) mass is 693 g/mol. The zero-order valence-corrected chi connectivity index (χ0v) is 36.3. The van der Waals surface area contributed by atoms with E-state index < -0.39 is 22.4 Å². The molecule has 6 atom stereocenters. The normalized spacial score (nSPS) is 22.6. The lowest BCUT2D eigenvalue weighted by atomic mass is 9.69. The lowest BCUT2D eigenvalue weighted by Crippen LogP contribution is -2.48. The molecule has 6 unspecified atom stereocenters. The SMILES string of the molecule is CCCC.CCCC.CCCC.CCCC(C)(CC(C)(CCC1CCC2OC2C1)CC(C)(OC)O[Si](C)(C)C)O[Si](C)(C)C.O=O. The Morgan fingerprint density at radius 3 is 1.43 bits per heavy atom. The molecule has 0 amide bonds. The summed E-state index contributed by atoms with van der Waals surface area (Å²) in [5.74, 6) is 0.239. The second kappa shape index (κ2) is 25.8. The van der Waals surface area contributed by atoms with Crippen LogP contribution in [0, 0.1) is 21.3 Å². The van der Waals surface area contributed by atoms with Crippen LogP contribution in [0.15, 0.2) is 0 Å². The highest BCUT2D eigenvalue weighted by Crippen LogP contribution is 2.48. The minimum absolute atomic E-state index is 0.0925. The van der Waals surface area contributed by atoms with Crippen molar-refractivity contribution in [3.63, 3.8) is 0 Å². The molecule has 0 aromatic rings. The third-order valence-corrected chi connectivity index (χ3v) is 10.8. The molecule has 0 N–H and O–H groups in total. The molecule has 1 saturated carbocycles. The molecular formula is C38H84O6Si2. The zero-order chi connectivity index (χ0) is 36.7. The Hall–Kier alpha value is -0.126. The maximum absolute atomic E-state index is 7.00. The Morgan fingerprint density at radius 1 is 0.630 bits per heavy atom. The summed E-state index contributed by atoms with van der Waals surface area (Å²) in [7, 11) is -1.60. The largest absolute Gasteiger partial charge is 0.412 e. The summed E-state index contributed by atoms with van der Waals surface area (Å²) in [6.45, 7) is 36.1. The van der Waals surface area contributed by atoms with Crippen LogP contribution in [-0.4, -0.2) is 47.3 Å². The highest BCUT2D eigenvalue weighted by Gasteiger charge is 2.46. The summed E-state index contributed by atoms with van der Waals surface area (Å²) in [5, 5.41) is 0. The van der Waals surface area contributed by atoms with E-state index in [1.165, 1.54) is 70.6 Å². The van der Waals surface area contributed by atoms with Crippen molar-refractivity contribution in [2.75, 3.05) is 7.11 Å². The van der Waals surface area contributed by atoms with E-state index in [-0.39, 0.29) is 11.0 Å². The Morgan fingerprint density at radius 2 is 1.09 bits per heavy atom. The van der Waals surface area contributed by atoms with Crippen LogP contribution in [0.2, 0.25) is 39.3 Å². The Labute approximate surface area is 291 Å². The van der Waals surface area contributed by atoms with Gasteiger partial charge >= 0.3 is 0 Å². The summed E-state index contributed by atoms with van der Waals surface area (Å²) in [4.78, 5) is 14.0. The Bertz CT molecular complexity index is 697. The van der Waals surface area contributed by atoms with Crippen LogP contribution >= 0.6 is 0 Å². The predicted molar refractivity (Wildman–Crippen MR) is 209 cm³/mol. The lowest BCUT2D eigenvalue weighted by molar-refractivity contribution is -0.183.